The molecule has 2 nitrogen and oxygen atoms in total. The van der Waals surface area contributed by atoms with Gasteiger partial charge in [0.05, 0.1) is 4.47 Å². The van der Waals surface area contributed by atoms with Gasteiger partial charge in [-0.3, -0.25) is 0 Å². The molecule has 1 aliphatic heterocycles. The molecule has 1 unspecified atom stereocenters. The highest BCUT2D eigenvalue weighted by Crippen LogP contribution is 2.28. The van der Waals surface area contributed by atoms with Crippen LogP contribution >= 0.6 is 31.9 Å². The molecule has 0 spiro atoms. The summed E-state index contributed by atoms with van der Waals surface area (Å²) in [6.45, 7) is 4.56. The van der Waals surface area contributed by atoms with Crippen LogP contribution in [0.3, 0.4) is 0 Å². The maximum atomic E-state index is 4.45. The molecule has 4 heteroatoms. The number of halogens is 2. The van der Waals surface area contributed by atoms with Gasteiger partial charge in [0.15, 0.2) is 0 Å². The zero-order chi connectivity index (χ0) is 10.8. The Kier molecular flexibility index (Phi) is 3.67. The van der Waals surface area contributed by atoms with E-state index >= 15 is 0 Å². The van der Waals surface area contributed by atoms with E-state index in [1.807, 2.05) is 6.20 Å². The number of hydrogen-bond donors (Lipinski definition) is 0. The lowest BCUT2D eigenvalue weighted by molar-refractivity contribution is 0.444. The maximum absolute atomic E-state index is 4.45. The summed E-state index contributed by atoms with van der Waals surface area (Å²) in [6, 6.07) is 2.09. The summed E-state index contributed by atoms with van der Waals surface area (Å²) >= 11 is 6.95. The van der Waals surface area contributed by atoms with Crippen molar-refractivity contribution in [1.29, 1.82) is 0 Å². The highest BCUT2D eigenvalue weighted by atomic mass is 79.9. The third kappa shape index (κ3) is 2.72. The molecule has 1 aliphatic rings. The fraction of sp³-hybridized carbons (Fsp3) is 0.545. The van der Waals surface area contributed by atoms with Crippen LogP contribution in [-0.2, 0) is 0 Å². The average molecular weight is 334 g/mol. The van der Waals surface area contributed by atoms with Gasteiger partial charge in [0.2, 0.25) is 0 Å². The van der Waals surface area contributed by atoms with Crippen molar-refractivity contribution in [2.24, 2.45) is 5.92 Å². The molecule has 0 bridgehead atoms. The number of hydrogen-bond acceptors (Lipinski definition) is 2. The van der Waals surface area contributed by atoms with Crippen molar-refractivity contribution >= 4 is 37.7 Å². The van der Waals surface area contributed by atoms with Crippen LogP contribution in [0.1, 0.15) is 19.8 Å². The Hall–Kier alpha value is -0.0900. The van der Waals surface area contributed by atoms with Gasteiger partial charge in [-0.05, 0) is 56.7 Å². The Morgan fingerprint density at radius 3 is 2.87 bits per heavy atom. The number of pyridine rings is 1. The fourth-order valence-corrected chi connectivity index (χ4v) is 2.50. The molecule has 0 saturated carbocycles. The van der Waals surface area contributed by atoms with Gasteiger partial charge in [-0.1, -0.05) is 6.92 Å². The average Bonchev–Trinajstić information content (AvgIpc) is 2.22. The molecule has 0 N–H and O–H groups in total. The van der Waals surface area contributed by atoms with Crippen LogP contribution < -0.4 is 4.90 Å². The lowest BCUT2D eigenvalue weighted by Crippen LogP contribution is -2.34. The van der Waals surface area contributed by atoms with E-state index in [2.05, 4.69) is 54.7 Å². The molecule has 0 aromatic carbocycles. The lowest BCUT2D eigenvalue weighted by atomic mass is 10.0. The second-order valence-electron chi connectivity index (χ2n) is 4.15. The Labute approximate surface area is 107 Å². The smallest absolute Gasteiger partial charge is 0.129 e. The normalized spacial score (nSPS) is 21.8. The van der Waals surface area contributed by atoms with E-state index in [1.54, 1.807) is 0 Å². The second-order valence-corrected chi connectivity index (χ2v) is 5.86. The number of piperidine rings is 1. The van der Waals surface area contributed by atoms with Crippen molar-refractivity contribution in [3.63, 3.8) is 0 Å². The Morgan fingerprint density at radius 1 is 1.40 bits per heavy atom. The SMILES string of the molecule is CC1CCCN(c2cc(Br)c(Br)cn2)C1. The molecule has 15 heavy (non-hydrogen) atoms. The number of aromatic nitrogens is 1. The second kappa shape index (κ2) is 4.83. The minimum atomic E-state index is 0.781. The maximum Gasteiger partial charge on any atom is 0.129 e. The third-order valence-corrected chi connectivity index (χ3v) is 4.60. The number of nitrogens with zero attached hydrogens (tertiary/aromatic N) is 2. The molecule has 1 aromatic heterocycles. The summed E-state index contributed by atoms with van der Waals surface area (Å²) in [5.41, 5.74) is 0. The topological polar surface area (TPSA) is 16.1 Å². The molecule has 0 radical (unpaired) electrons. The first-order valence-electron chi connectivity index (χ1n) is 5.23. The van der Waals surface area contributed by atoms with Gasteiger partial charge in [0.25, 0.3) is 0 Å². The van der Waals surface area contributed by atoms with Gasteiger partial charge < -0.3 is 4.90 Å². The summed E-state index contributed by atoms with van der Waals surface area (Å²) in [4.78, 5) is 6.81. The molecule has 1 atom stereocenters. The summed E-state index contributed by atoms with van der Waals surface area (Å²) in [5.74, 6) is 1.86. The predicted octanol–water partition coefficient (Wildman–Crippen LogP) is 3.84. The van der Waals surface area contributed by atoms with E-state index < -0.39 is 0 Å². The first-order chi connectivity index (χ1) is 7.16. The van der Waals surface area contributed by atoms with Crippen molar-refractivity contribution in [3.8, 4) is 0 Å². The highest BCUT2D eigenvalue weighted by molar-refractivity contribution is 9.13. The molecule has 2 rings (SSSR count). The molecular weight excluding hydrogens is 320 g/mol. The van der Waals surface area contributed by atoms with E-state index in [1.165, 1.54) is 12.8 Å². The summed E-state index contributed by atoms with van der Waals surface area (Å²) in [6.07, 6.45) is 4.48. The van der Waals surface area contributed by atoms with Crippen LogP contribution in [0.2, 0.25) is 0 Å². The van der Waals surface area contributed by atoms with E-state index in [9.17, 15) is 0 Å². The molecule has 82 valence electrons. The van der Waals surface area contributed by atoms with Crippen molar-refractivity contribution in [1.82, 2.24) is 4.98 Å². The van der Waals surface area contributed by atoms with Crippen LogP contribution in [0.4, 0.5) is 5.82 Å². The van der Waals surface area contributed by atoms with Crippen molar-refractivity contribution in [2.45, 2.75) is 19.8 Å². The number of anilines is 1. The Balaban J connectivity index is 2.18. The molecule has 1 fully saturated rings. The molecule has 2 heterocycles. The third-order valence-electron chi connectivity index (χ3n) is 2.78. The predicted molar refractivity (Wildman–Crippen MR) is 70.2 cm³/mol. The minimum absolute atomic E-state index is 0.781. The van der Waals surface area contributed by atoms with Gasteiger partial charge in [-0.25, -0.2) is 4.98 Å². The lowest BCUT2D eigenvalue weighted by Gasteiger charge is -2.31. The van der Waals surface area contributed by atoms with Gasteiger partial charge in [-0.15, -0.1) is 0 Å². The first kappa shape index (κ1) is 11.4. The minimum Gasteiger partial charge on any atom is -0.356 e. The van der Waals surface area contributed by atoms with Crippen LogP contribution in [0, 0.1) is 5.92 Å². The summed E-state index contributed by atoms with van der Waals surface area (Å²) in [7, 11) is 0. The van der Waals surface area contributed by atoms with Gasteiger partial charge >= 0.3 is 0 Å². The van der Waals surface area contributed by atoms with E-state index in [0.717, 1.165) is 33.8 Å². The van der Waals surface area contributed by atoms with E-state index in [0.29, 0.717) is 0 Å². The molecule has 0 amide bonds. The standard InChI is InChI=1S/C11H14Br2N2/c1-8-3-2-4-15(7-8)11-5-9(12)10(13)6-14-11/h5-6,8H,2-4,7H2,1H3. The quantitative estimate of drug-likeness (QED) is 0.776. The van der Waals surface area contributed by atoms with Crippen LogP contribution in [0.25, 0.3) is 0 Å². The Morgan fingerprint density at radius 2 is 2.20 bits per heavy atom. The van der Waals surface area contributed by atoms with E-state index in [-0.39, 0.29) is 0 Å². The van der Waals surface area contributed by atoms with Gasteiger partial charge in [0.1, 0.15) is 5.82 Å². The monoisotopic (exact) mass is 332 g/mol. The number of rotatable bonds is 1. The largest absolute Gasteiger partial charge is 0.356 e. The highest BCUT2D eigenvalue weighted by Gasteiger charge is 2.17. The van der Waals surface area contributed by atoms with Gasteiger partial charge in [0, 0.05) is 23.8 Å². The molecule has 1 saturated heterocycles. The van der Waals surface area contributed by atoms with Gasteiger partial charge in [-0.2, -0.15) is 0 Å². The van der Waals surface area contributed by atoms with Crippen molar-refractivity contribution in [2.75, 3.05) is 18.0 Å². The first-order valence-corrected chi connectivity index (χ1v) is 6.81. The summed E-state index contributed by atoms with van der Waals surface area (Å²) in [5, 5.41) is 0. The molecular formula is C11H14Br2N2. The fourth-order valence-electron chi connectivity index (χ4n) is 1.97. The van der Waals surface area contributed by atoms with Crippen LogP contribution in [0.15, 0.2) is 21.2 Å². The Bertz CT molecular complexity index is 354. The zero-order valence-electron chi connectivity index (χ0n) is 8.71. The zero-order valence-corrected chi connectivity index (χ0v) is 11.9. The van der Waals surface area contributed by atoms with Crippen LogP contribution in [-0.4, -0.2) is 18.1 Å². The van der Waals surface area contributed by atoms with Crippen molar-refractivity contribution in [3.05, 3.63) is 21.2 Å². The van der Waals surface area contributed by atoms with Crippen LogP contribution in [0.5, 0.6) is 0 Å². The molecule has 0 aliphatic carbocycles. The van der Waals surface area contributed by atoms with Crippen molar-refractivity contribution < 1.29 is 0 Å². The summed E-state index contributed by atoms with van der Waals surface area (Å²) < 4.78 is 2.09. The molecule has 1 aromatic rings. The van der Waals surface area contributed by atoms with E-state index in [4.69, 9.17) is 0 Å².